The van der Waals surface area contributed by atoms with Crippen LogP contribution in [0.5, 0.6) is 0 Å². The van der Waals surface area contributed by atoms with Crippen LogP contribution in [0.1, 0.15) is 25.7 Å². The van der Waals surface area contributed by atoms with E-state index in [1.54, 1.807) is 0 Å². The highest BCUT2D eigenvalue weighted by Gasteiger charge is 2.34. The molecule has 0 aliphatic carbocycles. The molecule has 0 aromatic rings. The van der Waals surface area contributed by atoms with E-state index in [1.165, 1.54) is 0 Å². The van der Waals surface area contributed by atoms with Gasteiger partial charge in [0, 0.05) is 19.0 Å². The number of nitrogens with zero attached hydrogens (tertiary/aromatic N) is 1. The van der Waals surface area contributed by atoms with Gasteiger partial charge in [0.05, 0.1) is 6.42 Å². The third-order valence-electron chi connectivity index (χ3n) is 3.57. The number of hydrogen-bond donors (Lipinski definition) is 2. The van der Waals surface area contributed by atoms with E-state index in [1.807, 2.05) is 0 Å². The fourth-order valence-electron chi connectivity index (χ4n) is 2.63. The lowest BCUT2D eigenvalue weighted by Crippen LogP contribution is -2.57. The monoisotopic (exact) mass is 226 g/mol. The zero-order valence-electron chi connectivity index (χ0n) is 9.32. The molecule has 90 valence electrons. The molecule has 1 amide bonds. The van der Waals surface area contributed by atoms with Gasteiger partial charge in [-0.1, -0.05) is 0 Å². The van der Waals surface area contributed by atoms with Gasteiger partial charge >= 0.3 is 5.97 Å². The Morgan fingerprint density at radius 2 is 1.94 bits per heavy atom. The smallest absolute Gasteiger partial charge is 0.303 e. The van der Waals surface area contributed by atoms with Crippen LogP contribution in [-0.2, 0) is 9.59 Å². The van der Waals surface area contributed by atoms with Crippen LogP contribution in [0.25, 0.3) is 0 Å². The number of nitrogens with one attached hydrogen (secondary N) is 1. The van der Waals surface area contributed by atoms with Crippen LogP contribution < -0.4 is 5.32 Å². The molecule has 3 rings (SSSR count). The van der Waals surface area contributed by atoms with Gasteiger partial charge in [-0.25, -0.2) is 0 Å². The average molecular weight is 226 g/mol. The number of amides is 1. The summed E-state index contributed by atoms with van der Waals surface area (Å²) in [5.41, 5.74) is 0. The van der Waals surface area contributed by atoms with Crippen LogP contribution >= 0.6 is 0 Å². The number of aliphatic carboxylic acids is 1. The van der Waals surface area contributed by atoms with Gasteiger partial charge in [0.1, 0.15) is 0 Å². The minimum absolute atomic E-state index is 0.0765. The average Bonchev–Trinajstić information content (AvgIpc) is 2.28. The van der Waals surface area contributed by atoms with Gasteiger partial charge in [0.15, 0.2) is 0 Å². The van der Waals surface area contributed by atoms with Gasteiger partial charge in [-0.3, -0.25) is 9.59 Å². The second-order valence-electron chi connectivity index (χ2n) is 4.71. The van der Waals surface area contributed by atoms with Crippen LogP contribution in [0.2, 0.25) is 0 Å². The Morgan fingerprint density at radius 1 is 1.25 bits per heavy atom. The number of piperidine rings is 3. The molecule has 2 bridgehead atoms. The zero-order valence-corrected chi connectivity index (χ0v) is 9.32. The summed E-state index contributed by atoms with van der Waals surface area (Å²) >= 11 is 0. The number of fused-ring (bicyclic) bond motifs is 3. The van der Waals surface area contributed by atoms with Crippen molar-refractivity contribution in [3.63, 3.8) is 0 Å². The Kier molecular flexibility index (Phi) is 3.43. The van der Waals surface area contributed by atoms with Gasteiger partial charge in [-0.05, 0) is 31.8 Å². The lowest BCUT2D eigenvalue weighted by atomic mass is 9.84. The summed E-state index contributed by atoms with van der Waals surface area (Å²) in [4.78, 5) is 24.2. The van der Waals surface area contributed by atoms with Crippen LogP contribution in [0.3, 0.4) is 0 Å². The van der Waals surface area contributed by atoms with E-state index in [2.05, 4.69) is 10.2 Å². The number of carbonyl (C=O) groups excluding carboxylic acids is 1. The fourth-order valence-corrected chi connectivity index (χ4v) is 2.63. The highest BCUT2D eigenvalue weighted by molar-refractivity contribution is 5.80. The summed E-state index contributed by atoms with van der Waals surface area (Å²) in [6.07, 6.45) is 2.33. The first kappa shape index (κ1) is 11.4. The van der Waals surface area contributed by atoms with Crippen LogP contribution in [0.4, 0.5) is 0 Å². The van der Waals surface area contributed by atoms with Crippen molar-refractivity contribution in [2.45, 2.75) is 31.7 Å². The molecular formula is C11H18N2O3. The summed E-state index contributed by atoms with van der Waals surface area (Å²) in [5, 5.41) is 11.4. The molecule has 3 fully saturated rings. The molecule has 0 aromatic heterocycles. The van der Waals surface area contributed by atoms with Gasteiger partial charge < -0.3 is 15.3 Å². The normalized spacial score (nSPS) is 32.4. The molecule has 5 nitrogen and oxygen atoms in total. The van der Waals surface area contributed by atoms with Crippen molar-refractivity contribution in [2.75, 3.05) is 19.6 Å². The molecule has 3 heterocycles. The maximum atomic E-state index is 11.5. The van der Waals surface area contributed by atoms with Crippen molar-refractivity contribution in [2.24, 2.45) is 5.92 Å². The molecule has 3 aliphatic heterocycles. The van der Waals surface area contributed by atoms with E-state index in [9.17, 15) is 9.59 Å². The summed E-state index contributed by atoms with van der Waals surface area (Å²) in [6, 6.07) is 0.240. The standard InChI is InChI=1S/C11H18N2O3/c14-10(1-2-11(15)16)12-9-7-13-5-3-8(9)4-6-13/h8-9H,1-7H2,(H,12,14)(H,15,16). The first-order valence-corrected chi connectivity index (χ1v) is 5.88. The molecule has 0 radical (unpaired) electrons. The zero-order chi connectivity index (χ0) is 11.5. The minimum Gasteiger partial charge on any atom is -0.481 e. The summed E-state index contributed by atoms with van der Waals surface area (Å²) in [7, 11) is 0. The number of rotatable bonds is 4. The number of carboxylic acids is 1. The second-order valence-corrected chi connectivity index (χ2v) is 4.71. The topological polar surface area (TPSA) is 69.6 Å². The molecule has 5 heteroatoms. The highest BCUT2D eigenvalue weighted by atomic mass is 16.4. The summed E-state index contributed by atoms with van der Waals surface area (Å²) < 4.78 is 0. The Bertz CT molecular complexity index is 285. The van der Waals surface area contributed by atoms with E-state index in [4.69, 9.17) is 5.11 Å². The van der Waals surface area contributed by atoms with Crippen molar-refractivity contribution >= 4 is 11.9 Å². The molecule has 16 heavy (non-hydrogen) atoms. The third-order valence-corrected chi connectivity index (χ3v) is 3.57. The van der Waals surface area contributed by atoms with Crippen molar-refractivity contribution in [3.8, 4) is 0 Å². The largest absolute Gasteiger partial charge is 0.481 e. The molecule has 1 unspecified atom stereocenters. The molecule has 3 aliphatic rings. The molecule has 2 N–H and O–H groups in total. The number of carbonyl (C=O) groups is 2. The first-order valence-electron chi connectivity index (χ1n) is 5.88. The van der Waals surface area contributed by atoms with Crippen molar-refractivity contribution < 1.29 is 14.7 Å². The van der Waals surface area contributed by atoms with Crippen molar-refractivity contribution in [3.05, 3.63) is 0 Å². The first-order chi connectivity index (χ1) is 7.65. The number of hydrogen-bond acceptors (Lipinski definition) is 3. The predicted molar refractivity (Wildman–Crippen MR) is 58.0 cm³/mol. The molecule has 0 saturated carbocycles. The molecule has 0 spiro atoms. The maximum Gasteiger partial charge on any atom is 0.303 e. The summed E-state index contributed by atoms with van der Waals surface area (Å²) in [5.74, 6) is -0.441. The van der Waals surface area contributed by atoms with Crippen LogP contribution in [0.15, 0.2) is 0 Å². The molecule has 1 atom stereocenters. The summed E-state index contributed by atoms with van der Waals surface area (Å²) in [6.45, 7) is 3.22. The predicted octanol–water partition coefficient (Wildman–Crippen LogP) is 0.0616. The van der Waals surface area contributed by atoms with E-state index in [0.717, 1.165) is 32.5 Å². The van der Waals surface area contributed by atoms with Gasteiger partial charge in [0.2, 0.25) is 5.91 Å². The molecule has 0 aromatic carbocycles. The van der Waals surface area contributed by atoms with Crippen molar-refractivity contribution in [1.82, 2.24) is 10.2 Å². The fraction of sp³-hybridized carbons (Fsp3) is 0.818. The SMILES string of the molecule is O=C(O)CCC(=O)NC1CN2CCC1CC2. The lowest BCUT2D eigenvalue weighted by molar-refractivity contribution is -0.139. The quantitative estimate of drug-likeness (QED) is 0.711. The van der Waals surface area contributed by atoms with E-state index >= 15 is 0 Å². The Morgan fingerprint density at radius 3 is 2.44 bits per heavy atom. The Balaban J connectivity index is 1.77. The van der Waals surface area contributed by atoms with E-state index in [0.29, 0.717) is 5.92 Å². The Hall–Kier alpha value is -1.10. The maximum absolute atomic E-state index is 11.5. The lowest BCUT2D eigenvalue weighted by Gasteiger charge is -2.44. The Labute approximate surface area is 94.8 Å². The molecular weight excluding hydrogens is 208 g/mol. The van der Waals surface area contributed by atoms with Gasteiger partial charge in [0.25, 0.3) is 0 Å². The van der Waals surface area contributed by atoms with Gasteiger partial charge in [-0.2, -0.15) is 0 Å². The third kappa shape index (κ3) is 2.72. The molecule has 3 saturated heterocycles. The van der Waals surface area contributed by atoms with Crippen LogP contribution in [0, 0.1) is 5.92 Å². The highest BCUT2D eigenvalue weighted by Crippen LogP contribution is 2.27. The van der Waals surface area contributed by atoms with Crippen LogP contribution in [-0.4, -0.2) is 47.6 Å². The number of carboxylic acid groups (broad SMARTS) is 1. The second kappa shape index (κ2) is 4.82. The minimum atomic E-state index is -0.913. The van der Waals surface area contributed by atoms with Crippen molar-refractivity contribution in [1.29, 1.82) is 0 Å². The van der Waals surface area contributed by atoms with Gasteiger partial charge in [-0.15, -0.1) is 0 Å². The van der Waals surface area contributed by atoms with E-state index in [-0.39, 0.29) is 24.8 Å². The van der Waals surface area contributed by atoms with E-state index < -0.39 is 5.97 Å².